The summed E-state index contributed by atoms with van der Waals surface area (Å²) in [6, 6.07) is 9.10. The Morgan fingerprint density at radius 3 is 2.33 bits per heavy atom. The summed E-state index contributed by atoms with van der Waals surface area (Å²) in [4.78, 5) is 44.0. The van der Waals surface area contributed by atoms with Crippen LogP contribution in [0.4, 0.5) is 15.8 Å². The Kier molecular flexibility index (Phi) is 14.6. The van der Waals surface area contributed by atoms with Gasteiger partial charge in [-0.2, -0.15) is 0 Å². The maximum Gasteiger partial charge on any atom is 0.347 e. The molecule has 11 nitrogen and oxygen atoms in total. The molecule has 0 aliphatic rings. The van der Waals surface area contributed by atoms with Gasteiger partial charge in [-0.1, -0.05) is 57.9 Å². The van der Waals surface area contributed by atoms with E-state index < -0.39 is 34.5 Å². The first kappa shape index (κ1) is 35.6. The van der Waals surface area contributed by atoms with Gasteiger partial charge in [0.2, 0.25) is 11.6 Å². The molecule has 0 unspecified atom stereocenters. The lowest BCUT2D eigenvalue weighted by Crippen LogP contribution is -2.22. The molecule has 0 saturated carbocycles. The van der Waals surface area contributed by atoms with Gasteiger partial charge in [-0.25, -0.2) is 23.9 Å². The fraction of sp³-hybridized carbons (Fsp3) is 0.412. The van der Waals surface area contributed by atoms with Crippen LogP contribution in [0.15, 0.2) is 61.4 Å². The molecule has 0 amide bonds. The lowest BCUT2D eigenvalue weighted by molar-refractivity contribution is -0.385. The van der Waals surface area contributed by atoms with Crippen molar-refractivity contribution in [3.05, 3.63) is 77.1 Å². The molecule has 1 atom stereocenters. The number of halogens is 1. The average Bonchev–Trinajstić information content (AvgIpc) is 3.05. The number of unbranched alkanes of at least 4 members (excludes halogenated alkanes) is 8. The predicted octanol–water partition coefficient (Wildman–Crippen LogP) is 7.97. The molecule has 0 fully saturated rings. The van der Waals surface area contributed by atoms with E-state index in [1.54, 1.807) is 0 Å². The normalized spacial score (nSPS) is 11.4. The number of alkyl halides is 1. The number of carbonyl (C=O) groups is 2. The lowest BCUT2D eigenvalue weighted by atomic mass is 10.1. The number of rotatable bonds is 20. The van der Waals surface area contributed by atoms with Gasteiger partial charge in [-0.15, -0.1) is 6.58 Å². The van der Waals surface area contributed by atoms with Gasteiger partial charge in [-0.05, 0) is 49.9 Å². The van der Waals surface area contributed by atoms with Crippen LogP contribution in [0, 0.1) is 10.1 Å². The second-order valence-corrected chi connectivity index (χ2v) is 10.7. The summed E-state index contributed by atoms with van der Waals surface area (Å²) in [6.45, 7) is 6.22. The minimum absolute atomic E-state index is 0.0830. The highest BCUT2D eigenvalue weighted by Gasteiger charge is 2.27. The van der Waals surface area contributed by atoms with E-state index in [9.17, 15) is 24.1 Å². The standard InChI is InChI=1S/C34H41FN4O7/c1-3-5-7-8-9-10-11-12-13-19-44-25-17-15-24(16-18-25)29-22-38-32(23-37-29)46-33(40)26-20-30(39(42)43)31(21-28(26)36)45-34(41)27(35)14-6-4-2/h3,15-18,20-23,27H,1,4-14,19,36H2,2H3/t27-/m1/s1. The van der Waals surface area contributed by atoms with Crippen LogP contribution in [-0.4, -0.2) is 39.6 Å². The van der Waals surface area contributed by atoms with Gasteiger partial charge in [0.05, 0.1) is 40.9 Å². The van der Waals surface area contributed by atoms with E-state index in [4.69, 9.17) is 19.9 Å². The number of carbonyl (C=O) groups excluding carboxylic acids is 2. The molecular weight excluding hydrogens is 595 g/mol. The zero-order chi connectivity index (χ0) is 33.3. The van der Waals surface area contributed by atoms with Gasteiger partial charge >= 0.3 is 17.6 Å². The van der Waals surface area contributed by atoms with Crippen molar-refractivity contribution in [3.8, 4) is 28.6 Å². The summed E-state index contributed by atoms with van der Waals surface area (Å²) in [5.74, 6) is -2.32. The van der Waals surface area contributed by atoms with Crippen LogP contribution in [0.3, 0.4) is 0 Å². The minimum Gasteiger partial charge on any atom is -0.494 e. The van der Waals surface area contributed by atoms with Crippen LogP contribution < -0.4 is 19.9 Å². The molecule has 0 saturated heterocycles. The third-order valence-electron chi connectivity index (χ3n) is 7.12. The number of nitrogens with two attached hydrogens (primary N) is 1. The molecule has 0 spiro atoms. The van der Waals surface area contributed by atoms with Gasteiger partial charge in [-0.3, -0.25) is 10.1 Å². The van der Waals surface area contributed by atoms with E-state index >= 15 is 0 Å². The van der Waals surface area contributed by atoms with Crippen molar-refractivity contribution in [1.29, 1.82) is 0 Å². The van der Waals surface area contributed by atoms with E-state index in [-0.39, 0.29) is 23.6 Å². The largest absolute Gasteiger partial charge is 0.494 e. The molecule has 0 aliphatic heterocycles. The van der Waals surface area contributed by atoms with Crippen LogP contribution in [0.5, 0.6) is 17.4 Å². The molecule has 1 aromatic heterocycles. The van der Waals surface area contributed by atoms with Gasteiger partial charge in [0.1, 0.15) is 5.75 Å². The second kappa shape index (κ2) is 18.8. The van der Waals surface area contributed by atoms with Gasteiger partial charge in [0.25, 0.3) is 0 Å². The first-order valence-corrected chi connectivity index (χ1v) is 15.6. The number of allylic oxidation sites excluding steroid dienone is 1. The summed E-state index contributed by atoms with van der Waals surface area (Å²) >= 11 is 0. The monoisotopic (exact) mass is 636 g/mol. The number of hydrogen-bond acceptors (Lipinski definition) is 10. The molecule has 0 radical (unpaired) electrons. The number of benzene rings is 2. The number of nitro benzene ring substituents is 1. The Morgan fingerprint density at radius 2 is 1.70 bits per heavy atom. The quantitative estimate of drug-likeness (QED) is 0.0245. The number of aromatic nitrogens is 2. The Bertz CT molecular complexity index is 1450. The van der Waals surface area contributed by atoms with E-state index in [1.165, 1.54) is 44.5 Å². The number of hydrogen-bond donors (Lipinski definition) is 1. The van der Waals surface area contributed by atoms with Crippen LogP contribution >= 0.6 is 0 Å². The second-order valence-electron chi connectivity index (χ2n) is 10.7. The summed E-state index contributed by atoms with van der Waals surface area (Å²) in [7, 11) is 0. The smallest absolute Gasteiger partial charge is 0.347 e. The fourth-order valence-corrected chi connectivity index (χ4v) is 4.51. The molecule has 0 aliphatic carbocycles. The first-order chi connectivity index (χ1) is 22.2. The highest BCUT2D eigenvalue weighted by Crippen LogP contribution is 2.33. The summed E-state index contributed by atoms with van der Waals surface area (Å²) in [6.07, 6.45) is 13.1. The number of nitrogens with zero attached hydrogens (tertiary/aromatic N) is 3. The van der Waals surface area contributed by atoms with Gasteiger partial charge in [0, 0.05) is 17.7 Å². The Hall–Kier alpha value is -4.87. The summed E-state index contributed by atoms with van der Waals surface area (Å²) in [5, 5.41) is 11.6. The highest BCUT2D eigenvalue weighted by atomic mass is 19.1. The number of nitro groups is 1. The molecule has 3 aromatic rings. The molecule has 2 aromatic carbocycles. The molecule has 12 heteroatoms. The van der Waals surface area contributed by atoms with Crippen molar-refractivity contribution in [2.24, 2.45) is 0 Å². The third kappa shape index (κ3) is 11.2. The highest BCUT2D eigenvalue weighted by molar-refractivity contribution is 5.98. The molecule has 246 valence electrons. The molecule has 1 heterocycles. The fourth-order valence-electron chi connectivity index (χ4n) is 4.51. The third-order valence-corrected chi connectivity index (χ3v) is 7.12. The van der Waals surface area contributed by atoms with E-state index in [0.29, 0.717) is 25.1 Å². The Labute approximate surface area is 268 Å². The van der Waals surface area contributed by atoms with Gasteiger partial charge in [0.15, 0.2) is 6.17 Å². The Morgan fingerprint density at radius 1 is 1.00 bits per heavy atom. The number of esters is 2. The predicted molar refractivity (Wildman–Crippen MR) is 173 cm³/mol. The molecule has 3 rings (SSSR count). The molecule has 0 bridgehead atoms. The zero-order valence-corrected chi connectivity index (χ0v) is 26.1. The molecule has 2 N–H and O–H groups in total. The first-order valence-electron chi connectivity index (χ1n) is 15.6. The number of ether oxygens (including phenoxy) is 3. The minimum atomic E-state index is -1.95. The Balaban J connectivity index is 1.53. The van der Waals surface area contributed by atoms with E-state index in [0.717, 1.165) is 42.7 Å². The van der Waals surface area contributed by atoms with E-state index in [2.05, 4.69) is 16.5 Å². The number of nitrogen functional groups attached to an aromatic ring is 1. The summed E-state index contributed by atoms with van der Waals surface area (Å²) < 4.78 is 30.0. The number of anilines is 1. The van der Waals surface area contributed by atoms with Crippen LogP contribution in [0.1, 0.15) is 87.9 Å². The van der Waals surface area contributed by atoms with Crippen LogP contribution in [-0.2, 0) is 4.79 Å². The van der Waals surface area contributed by atoms with Crippen molar-refractivity contribution in [2.45, 2.75) is 83.7 Å². The van der Waals surface area contributed by atoms with Crippen molar-refractivity contribution in [1.82, 2.24) is 9.97 Å². The van der Waals surface area contributed by atoms with Crippen molar-refractivity contribution >= 4 is 23.3 Å². The van der Waals surface area contributed by atoms with Crippen molar-refractivity contribution < 1.29 is 33.1 Å². The topological polar surface area (TPSA) is 157 Å². The molecular formula is C34H41FN4O7. The van der Waals surface area contributed by atoms with Crippen LogP contribution in [0.25, 0.3) is 11.3 Å². The maximum atomic E-state index is 14.1. The zero-order valence-electron chi connectivity index (χ0n) is 26.1. The van der Waals surface area contributed by atoms with E-state index in [1.807, 2.05) is 37.3 Å². The van der Waals surface area contributed by atoms with Crippen molar-refractivity contribution in [2.75, 3.05) is 12.3 Å². The molecule has 46 heavy (non-hydrogen) atoms. The van der Waals surface area contributed by atoms with Crippen LogP contribution in [0.2, 0.25) is 0 Å². The summed E-state index contributed by atoms with van der Waals surface area (Å²) in [5.41, 5.74) is 5.80. The lowest BCUT2D eigenvalue weighted by Gasteiger charge is -2.11. The maximum absolute atomic E-state index is 14.1. The average molecular weight is 637 g/mol. The van der Waals surface area contributed by atoms with Gasteiger partial charge < -0.3 is 19.9 Å². The van der Waals surface area contributed by atoms with Crippen molar-refractivity contribution in [3.63, 3.8) is 0 Å². The SMILES string of the molecule is C=CCCCCCCCCCOc1ccc(-c2cnc(OC(=O)c3cc([N+](=O)[O-])c(OC(=O)[C@H](F)CCCC)cc3N)cn2)cc1.